The standard InChI is InChI=1S/C16H23N3O/c1-11(2)16(19-7-5-17-6-8-19)12-3-4-14-13(9-12)10-15(20)18-14/h3-4,9,11,16-17H,5-8,10H2,1-2H3,(H,18,20). The summed E-state index contributed by atoms with van der Waals surface area (Å²) >= 11 is 0. The Bertz CT molecular complexity index is 506. The number of carbonyl (C=O) groups is 1. The minimum Gasteiger partial charge on any atom is -0.326 e. The van der Waals surface area contributed by atoms with E-state index < -0.39 is 0 Å². The highest BCUT2D eigenvalue weighted by Crippen LogP contribution is 2.33. The molecule has 1 amide bonds. The lowest BCUT2D eigenvalue weighted by Crippen LogP contribution is -2.46. The third kappa shape index (κ3) is 2.58. The fourth-order valence-electron chi connectivity index (χ4n) is 3.41. The maximum Gasteiger partial charge on any atom is 0.228 e. The van der Waals surface area contributed by atoms with Crippen molar-refractivity contribution in [2.45, 2.75) is 26.3 Å². The number of hydrogen-bond acceptors (Lipinski definition) is 3. The van der Waals surface area contributed by atoms with Crippen molar-refractivity contribution in [1.29, 1.82) is 0 Å². The van der Waals surface area contributed by atoms with Crippen LogP contribution < -0.4 is 10.6 Å². The molecule has 0 aromatic heterocycles. The number of rotatable bonds is 3. The van der Waals surface area contributed by atoms with Crippen molar-refractivity contribution in [3.63, 3.8) is 0 Å². The van der Waals surface area contributed by atoms with E-state index in [2.05, 4.69) is 47.6 Å². The quantitative estimate of drug-likeness (QED) is 0.882. The maximum absolute atomic E-state index is 11.5. The number of carbonyl (C=O) groups excluding carboxylic acids is 1. The van der Waals surface area contributed by atoms with Gasteiger partial charge < -0.3 is 10.6 Å². The summed E-state index contributed by atoms with van der Waals surface area (Å²) in [6, 6.07) is 6.91. The SMILES string of the molecule is CC(C)C(c1ccc2c(c1)CC(=O)N2)N1CCNCC1. The van der Waals surface area contributed by atoms with Crippen LogP contribution in [0, 0.1) is 5.92 Å². The van der Waals surface area contributed by atoms with E-state index in [1.165, 1.54) is 5.56 Å². The predicted molar refractivity (Wildman–Crippen MR) is 80.8 cm³/mol. The van der Waals surface area contributed by atoms with Crippen molar-refractivity contribution in [3.05, 3.63) is 29.3 Å². The van der Waals surface area contributed by atoms with Crippen molar-refractivity contribution < 1.29 is 4.79 Å². The minimum atomic E-state index is 0.111. The molecule has 2 aliphatic heterocycles. The molecule has 1 aromatic carbocycles. The second-order valence-corrected chi connectivity index (χ2v) is 6.12. The van der Waals surface area contributed by atoms with E-state index in [1.54, 1.807) is 0 Å². The van der Waals surface area contributed by atoms with Crippen molar-refractivity contribution in [2.24, 2.45) is 5.92 Å². The molecule has 0 spiro atoms. The van der Waals surface area contributed by atoms with Gasteiger partial charge in [0.05, 0.1) is 6.42 Å². The highest BCUT2D eigenvalue weighted by Gasteiger charge is 2.26. The molecule has 108 valence electrons. The van der Waals surface area contributed by atoms with E-state index in [-0.39, 0.29) is 5.91 Å². The molecule has 2 N–H and O–H groups in total. The molecular formula is C16H23N3O. The molecule has 2 aliphatic rings. The summed E-state index contributed by atoms with van der Waals surface area (Å²) in [5.41, 5.74) is 3.48. The Hall–Kier alpha value is -1.39. The van der Waals surface area contributed by atoms with Crippen molar-refractivity contribution in [2.75, 3.05) is 31.5 Å². The van der Waals surface area contributed by atoms with E-state index >= 15 is 0 Å². The van der Waals surface area contributed by atoms with Crippen LogP contribution in [-0.4, -0.2) is 37.0 Å². The van der Waals surface area contributed by atoms with Gasteiger partial charge in [0.15, 0.2) is 0 Å². The molecule has 1 saturated heterocycles. The monoisotopic (exact) mass is 273 g/mol. The van der Waals surface area contributed by atoms with Gasteiger partial charge in [-0.2, -0.15) is 0 Å². The van der Waals surface area contributed by atoms with Crippen molar-refractivity contribution in [1.82, 2.24) is 10.2 Å². The first-order chi connectivity index (χ1) is 9.65. The fourth-order valence-corrected chi connectivity index (χ4v) is 3.41. The molecular weight excluding hydrogens is 250 g/mol. The van der Waals surface area contributed by atoms with Gasteiger partial charge in [0, 0.05) is 37.9 Å². The second-order valence-electron chi connectivity index (χ2n) is 6.12. The van der Waals surface area contributed by atoms with E-state index in [9.17, 15) is 4.79 Å². The Morgan fingerprint density at radius 2 is 1.95 bits per heavy atom. The van der Waals surface area contributed by atoms with Gasteiger partial charge in [0.2, 0.25) is 5.91 Å². The van der Waals surface area contributed by atoms with Gasteiger partial charge >= 0.3 is 0 Å². The molecule has 0 radical (unpaired) electrons. The number of nitrogens with one attached hydrogen (secondary N) is 2. The van der Waals surface area contributed by atoms with Crippen LogP contribution in [0.15, 0.2) is 18.2 Å². The van der Waals surface area contributed by atoms with Crippen LogP contribution >= 0.6 is 0 Å². The molecule has 1 fully saturated rings. The number of nitrogens with zero attached hydrogens (tertiary/aromatic N) is 1. The molecule has 2 heterocycles. The normalized spacial score (nSPS) is 20.9. The Morgan fingerprint density at radius 3 is 2.65 bits per heavy atom. The van der Waals surface area contributed by atoms with Crippen LogP contribution in [0.3, 0.4) is 0 Å². The van der Waals surface area contributed by atoms with E-state index in [1.807, 2.05) is 0 Å². The Morgan fingerprint density at radius 1 is 1.20 bits per heavy atom. The largest absolute Gasteiger partial charge is 0.326 e. The summed E-state index contributed by atoms with van der Waals surface area (Å²) in [4.78, 5) is 14.0. The molecule has 1 aromatic rings. The van der Waals surface area contributed by atoms with Crippen LogP contribution in [0.4, 0.5) is 5.69 Å². The zero-order valence-electron chi connectivity index (χ0n) is 12.3. The zero-order chi connectivity index (χ0) is 14.1. The van der Waals surface area contributed by atoms with Gasteiger partial charge in [-0.3, -0.25) is 9.69 Å². The van der Waals surface area contributed by atoms with Crippen LogP contribution in [0.5, 0.6) is 0 Å². The van der Waals surface area contributed by atoms with E-state index in [0.29, 0.717) is 18.4 Å². The van der Waals surface area contributed by atoms with Gasteiger partial charge in [-0.05, 0) is 23.1 Å². The lowest BCUT2D eigenvalue weighted by Gasteiger charge is -2.37. The first-order valence-electron chi connectivity index (χ1n) is 7.52. The zero-order valence-corrected chi connectivity index (χ0v) is 12.3. The molecule has 4 heteroatoms. The lowest BCUT2D eigenvalue weighted by atomic mass is 9.92. The first kappa shape index (κ1) is 13.6. The Balaban J connectivity index is 1.88. The Labute approximate surface area is 120 Å². The molecule has 20 heavy (non-hydrogen) atoms. The number of amides is 1. The summed E-state index contributed by atoms with van der Waals surface area (Å²) < 4.78 is 0. The average Bonchev–Trinajstić information content (AvgIpc) is 2.79. The third-order valence-electron chi connectivity index (χ3n) is 4.27. The molecule has 0 aliphatic carbocycles. The van der Waals surface area contributed by atoms with E-state index in [0.717, 1.165) is 37.4 Å². The van der Waals surface area contributed by atoms with E-state index in [4.69, 9.17) is 0 Å². The van der Waals surface area contributed by atoms with Gasteiger partial charge in [-0.1, -0.05) is 26.0 Å². The predicted octanol–water partition coefficient (Wildman–Crippen LogP) is 1.78. The summed E-state index contributed by atoms with van der Waals surface area (Å²) in [5.74, 6) is 0.677. The van der Waals surface area contributed by atoms with Crippen molar-refractivity contribution in [3.8, 4) is 0 Å². The first-order valence-corrected chi connectivity index (χ1v) is 7.52. The topological polar surface area (TPSA) is 44.4 Å². The third-order valence-corrected chi connectivity index (χ3v) is 4.27. The van der Waals surface area contributed by atoms with Crippen LogP contribution in [0.2, 0.25) is 0 Å². The molecule has 1 atom stereocenters. The van der Waals surface area contributed by atoms with Crippen LogP contribution in [0.25, 0.3) is 0 Å². The molecule has 4 nitrogen and oxygen atoms in total. The lowest BCUT2D eigenvalue weighted by molar-refractivity contribution is -0.115. The van der Waals surface area contributed by atoms with Crippen LogP contribution in [0.1, 0.15) is 31.0 Å². The van der Waals surface area contributed by atoms with Gasteiger partial charge in [0.1, 0.15) is 0 Å². The van der Waals surface area contributed by atoms with Crippen molar-refractivity contribution >= 4 is 11.6 Å². The highest BCUT2D eigenvalue weighted by atomic mass is 16.1. The molecule has 1 unspecified atom stereocenters. The average molecular weight is 273 g/mol. The summed E-state index contributed by atoms with van der Waals surface area (Å²) in [7, 11) is 0. The number of fused-ring (bicyclic) bond motifs is 1. The number of benzene rings is 1. The molecule has 0 saturated carbocycles. The molecule has 3 rings (SSSR count). The minimum absolute atomic E-state index is 0.111. The number of anilines is 1. The fraction of sp³-hybridized carbons (Fsp3) is 0.562. The molecule has 0 bridgehead atoms. The highest BCUT2D eigenvalue weighted by molar-refractivity contribution is 5.99. The number of hydrogen-bond donors (Lipinski definition) is 2. The number of piperazine rings is 1. The maximum atomic E-state index is 11.5. The van der Waals surface area contributed by atoms with Gasteiger partial charge in [0.25, 0.3) is 0 Å². The van der Waals surface area contributed by atoms with Gasteiger partial charge in [-0.15, -0.1) is 0 Å². The Kier molecular flexibility index (Phi) is 3.76. The summed E-state index contributed by atoms with van der Waals surface area (Å²) in [6.45, 7) is 8.88. The smallest absolute Gasteiger partial charge is 0.228 e. The second kappa shape index (κ2) is 5.54. The summed E-state index contributed by atoms with van der Waals surface area (Å²) in [5, 5.41) is 6.32. The summed E-state index contributed by atoms with van der Waals surface area (Å²) in [6.07, 6.45) is 0.523. The van der Waals surface area contributed by atoms with Gasteiger partial charge in [-0.25, -0.2) is 0 Å². The van der Waals surface area contributed by atoms with Crippen LogP contribution in [-0.2, 0) is 11.2 Å².